The van der Waals surface area contributed by atoms with Gasteiger partial charge in [0.15, 0.2) is 0 Å². The molecule has 0 aliphatic heterocycles. The highest BCUT2D eigenvalue weighted by Gasteiger charge is 2.69. The fraction of sp³-hybridized carbons (Fsp3) is 0.533. The Bertz CT molecular complexity index is 1030. The molecule has 0 heterocycles. The third kappa shape index (κ3) is 3.72. The van der Waals surface area contributed by atoms with E-state index in [2.05, 4.69) is 66.9 Å². The summed E-state index contributed by atoms with van der Waals surface area (Å²) in [4.78, 5) is 6.09. The van der Waals surface area contributed by atoms with E-state index in [1.807, 2.05) is 0 Å². The number of nitrogens with two attached hydrogens (primary N) is 1. The van der Waals surface area contributed by atoms with Crippen molar-refractivity contribution in [3.8, 4) is 0 Å². The highest BCUT2D eigenvalue weighted by molar-refractivity contribution is 7.80. The van der Waals surface area contributed by atoms with Gasteiger partial charge in [-0.3, -0.25) is 4.99 Å². The lowest BCUT2D eigenvalue weighted by Crippen LogP contribution is -2.37. The number of nitrogens with zero attached hydrogens (tertiary/aromatic N) is 1. The molecule has 0 amide bonds. The van der Waals surface area contributed by atoms with Gasteiger partial charge >= 0.3 is 0 Å². The van der Waals surface area contributed by atoms with Gasteiger partial charge in [-0.1, -0.05) is 72.9 Å². The smallest absolute Gasteiger partial charge is 0.109 e. The van der Waals surface area contributed by atoms with Crippen molar-refractivity contribution in [3.63, 3.8) is 0 Å². The zero-order chi connectivity index (χ0) is 22.5. The molecule has 5 saturated carbocycles. The first-order valence-corrected chi connectivity index (χ1v) is 13.4. The largest absolute Gasteiger partial charge is 0.328 e. The molecule has 2 aromatic rings. The van der Waals surface area contributed by atoms with Crippen LogP contribution < -0.4 is 5.73 Å². The molecule has 4 bridgehead atoms. The van der Waals surface area contributed by atoms with Crippen molar-refractivity contribution in [1.29, 1.82) is 0 Å². The minimum absolute atomic E-state index is 0.106. The molecule has 2 N–H and O–H groups in total. The molecule has 5 unspecified atom stereocenters. The average molecular weight is 457 g/mol. The molecule has 5 aliphatic carbocycles. The molecule has 5 atom stereocenters. The van der Waals surface area contributed by atoms with E-state index in [9.17, 15) is 0 Å². The van der Waals surface area contributed by atoms with Gasteiger partial charge < -0.3 is 5.73 Å². The van der Waals surface area contributed by atoms with E-state index in [-0.39, 0.29) is 5.41 Å². The van der Waals surface area contributed by atoms with E-state index in [1.165, 1.54) is 43.2 Å². The minimum Gasteiger partial charge on any atom is -0.328 e. The van der Waals surface area contributed by atoms with Crippen LogP contribution in [0.1, 0.15) is 62.5 Å². The monoisotopic (exact) mass is 456 g/mol. The lowest BCUT2D eigenvalue weighted by molar-refractivity contribution is 0.163. The predicted molar refractivity (Wildman–Crippen MR) is 141 cm³/mol. The molecule has 2 aromatic carbocycles. The van der Waals surface area contributed by atoms with Crippen LogP contribution in [0.3, 0.4) is 0 Å². The van der Waals surface area contributed by atoms with Crippen molar-refractivity contribution in [1.82, 2.24) is 0 Å². The summed E-state index contributed by atoms with van der Waals surface area (Å²) in [6.45, 7) is 0. The van der Waals surface area contributed by atoms with Gasteiger partial charge in [-0.2, -0.15) is 0 Å². The van der Waals surface area contributed by atoms with Gasteiger partial charge in [-0.25, -0.2) is 0 Å². The molecule has 0 aromatic heterocycles. The van der Waals surface area contributed by atoms with Crippen LogP contribution in [0.5, 0.6) is 0 Å². The Labute approximate surface area is 204 Å². The van der Waals surface area contributed by atoms with Gasteiger partial charge in [0.05, 0.1) is 0 Å². The van der Waals surface area contributed by atoms with Crippen molar-refractivity contribution >= 4 is 23.4 Å². The SMILES string of the molecule is NC1CCC(/C=N/C(=S)C23CC4CC(c5ccccc5)(CC2C4Cc2ccccc2)C3)CC1. The fourth-order valence-corrected chi connectivity index (χ4v) is 8.65. The molecule has 33 heavy (non-hydrogen) atoms. The lowest BCUT2D eigenvalue weighted by Gasteiger charge is -2.43. The fourth-order valence-electron chi connectivity index (χ4n) is 8.28. The average Bonchev–Trinajstić information content (AvgIpc) is 3.22. The molecule has 5 aliphatic rings. The third-order valence-corrected chi connectivity index (χ3v) is 10.2. The summed E-state index contributed by atoms with van der Waals surface area (Å²) in [6.07, 6.45) is 13.0. The second-order valence-corrected chi connectivity index (χ2v) is 12.0. The zero-order valence-electron chi connectivity index (χ0n) is 19.5. The van der Waals surface area contributed by atoms with Crippen LogP contribution in [0.15, 0.2) is 65.7 Å². The van der Waals surface area contributed by atoms with Crippen molar-refractivity contribution in [2.75, 3.05) is 0 Å². The van der Waals surface area contributed by atoms with Crippen LogP contribution in [-0.2, 0) is 11.8 Å². The number of rotatable bonds is 5. The Balaban J connectivity index is 1.30. The van der Waals surface area contributed by atoms with Crippen LogP contribution in [0, 0.1) is 29.1 Å². The van der Waals surface area contributed by atoms with E-state index in [1.54, 1.807) is 0 Å². The van der Waals surface area contributed by atoms with Crippen LogP contribution in [0.2, 0.25) is 0 Å². The van der Waals surface area contributed by atoms with E-state index in [0.717, 1.165) is 42.5 Å². The lowest BCUT2D eigenvalue weighted by atomic mass is 9.61. The second-order valence-electron chi connectivity index (χ2n) is 11.6. The van der Waals surface area contributed by atoms with Gasteiger partial charge in [0.25, 0.3) is 0 Å². The van der Waals surface area contributed by atoms with Crippen molar-refractivity contribution in [2.24, 2.45) is 39.8 Å². The van der Waals surface area contributed by atoms with Crippen LogP contribution in [0.4, 0.5) is 0 Å². The Morgan fingerprint density at radius 3 is 2.36 bits per heavy atom. The van der Waals surface area contributed by atoms with Gasteiger partial charge in [-0.15, -0.1) is 0 Å². The van der Waals surface area contributed by atoms with Gasteiger partial charge in [0.2, 0.25) is 0 Å². The van der Waals surface area contributed by atoms with E-state index in [4.69, 9.17) is 22.9 Å². The van der Waals surface area contributed by atoms with Crippen molar-refractivity contribution in [2.45, 2.75) is 69.2 Å². The maximum Gasteiger partial charge on any atom is 0.109 e. The molecule has 0 radical (unpaired) electrons. The summed E-state index contributed by atoms with van der Waals surface area (Å²) >= 11 is 6.20. The molecule has 172 valence electrons. The highest BCUT2D eigenvalue weighted by Crippen LogP contribution is 2.73. The normalized spacial score (nSPS) is 39.4. The third-order valence-electron chi connectivity index (χ3n) is 9.72. The topological polar surface area (TPSA) is 38.4 Å². The highest BCUT2D eigenvalue weighted by atomic mass is 32.1. The first kappa shape index (κ1) is 21.7. The van der Waals surface area contributed by atoms with Crippen LogP contribution in [-0.4, -0.2) is 17.2 Å². The van der Waals surface area contributed by atoms with E-state index < -0.39 is 0 Å². The molecule has 2 nitrogen and oxygen atoms in total. The van der Waals surface area contributed by atoms with Crippen molar-refractivity contribution in [3.05, 3.63) is 71.8 Å². The Kier molecular flexibility index (Phi) is 5.54. The molecular weight excluding hydrogens is 420 g/mol. The predicted octanol–water partition coefficient (Wildman–Crippen LogP) is 6.52. The van der Waals surface area contributed by atoms with E-state index in [0.29, 0.717) is 23.3 Å². The van der Waals surface area contributed by atoms with Crippen LogP contribution in [0.25, 0.3) is 0 Å². The van der Waals surface area contributed by atoms with Crippen LogP contribution >= 0.6 is 12.2 Å². The minimum atomic E-state index is 0.106. The molecule has 5 fully saturated rings. The number of thiocarbonyl (C=S) groups is 1. The summed E-state index contributed by atoms with van der Waals surface area (Å²) in [6, 6.07) is 22.8. The summed E-state index contributed by atoms with van der Waals surface area (Å²) in [5.41, 5.74) is 9.53. The molecule has 0 saturated heterocycles. The number of benzene rings is 2. The Morgan fingerprint density at radius 2 is 1.64 bits per heavy atom. The first-order valence-electron chi connectivity index (χ1n) is 13.0. The standard InChI is InChI=1S/C30H36N2S/c31-25-13-11-22(12-14-25)19-32-28(33)30-17-23-16-29(20-30,24-9-5-2-6-10-24)18-27(30)26(23)15-21-7-3-1-4-8-21/h1-10,19,22-23,25-27H,11-18,20,31H2/b32-19+. The number of hydrogen-bond acceptors (Lipinski definition) is 2. The second kappa shape index (κ2) is 8.43. The first-order chi connectivity index (χ1) is 16.1. The van der Waals surface area contributed by atoms with Gasteiger partial charge in [-0.05, 0) is 98.0 Å². The van der Waals surface area contributed by atoms with Crippen molar-refractivity contribution < 1.29 is 0 Å². The molecule has 0 spiro atoms. The zero-order valence-corrected chi connectivity index (χ0v) is 20.4. The summed E-state index contributed by atoms with van der Waals surface area (Å²) in [5.74, 6) is 2.69. The molecular formula is C30H36N2S. The van der Waals surface area contributed by atoms with Gasteiger partial charge in [0, 0.05) is 17.7 Å². The Morgan fingerprint density at radius 1 is 0.939 bits per heavy atom. The maximum absolute atomic E-state index is 6.20. The Hall–Kier alpha value is -1.84. The number of hydrogen-bond donors (Lipinski definition) is 1. The summed E-state index contributed by atoms with van der Waals surface area (Å²) in [7, 11) is 0. The number of aliphatic imine (C=N–C) groups is 1. The summed E-state index contributed by atoms with van der Waals surface area (Å²) < 4.78 is 0. The molecule has 7 rings (SSSR count). The quantitative estimate of drug-likeness (QED) is 0.411. The molecule has 3 heteroatoms. The van der Waals surface area contributed by atoms with Gasteiger partial charge in [0.1, 0.15) is 4.99 Å². The maximum atomic E-state index is 6.20. The van der Waals surface area contributed by atoms with E-state index >= 15 is 0 Å². The summed E-state index contributed by atoms with van der Waals surface area (Å²) in [5, 5.41) is 0.